The van der Waals surface area contributed by atoms with E-state index >= 15 is 0 Å². The van der Waals surface area contributed by atoms with Crippen molar-refractivity contribution in [1.82, 2.24) is 10.2 Å². The smallest absolute Gasteiger partial charge is 0.325 e. The average molecular weight is 390 g/mol. The third-order valence-corrected chi connectivity index (χ3v) is 5.47. The molecule has 2 aromatic carbocycles. The van der Waals surface area contributed by atoms with Gasteiger partial charge in [-0.25, -0.2) is 4.79 Å². The Hall–Kier alpha value is -2.61. The number of carbonyl (C=O) groups is 2. The molecule has 2 heterocycles. The van der Waals surface area contributed by atoms with E-state index in [2.05, 4.69) is 5.32 Å². The highest BCUT2D eigenvalue weighted by Crippen LogP contribution is 2.41. The number of fused-ring (bicyclic) bond motifs is 2. The molecule has 1 saturated heterocycles. The number of imide groups is 1. The molecule has 3 amide bonds. The van der Waals surface area contributed by atoms with Gasteiger partial charge in [0.15, 0.2) is 5.54 Å². The van der Waals surface area contributed by atoms with Crippen molar-refractivity contribution in [1.29, 1.82) is 0 Å². The molecule has 8 heteroatoms. The van der Waals surface area contributed by atoms with Crippen molar-refractivity contribution in [2.75, 3.05) is 6.61 Å². The van der Waals surface area contributed by atoms with Gasteiger partial charge in [0, 0.05) is 16.9 Å². The van der Waals surface area contributed by atoms with Crippen molar-refractivity contribution < 1.29 is 23.1 Å². The molecule has 2 aromatic rings. The Morgan fingerprint density at radius 1 is 1.15 bits per heavy atom. The summed E-state index contributed by atoms with van der Waals surface area (Å²) in [6.45, 7) is 0.408. The number of benzene rings is 2. The molecular formula is C19H16F2N2O3S. The highest BCUT2D eigenvalue weighted by molar-refractivity contribution is 7.99. The molecule has 0 radical (unpaired) electrons. The number of hydrogen-bond donors (Lipinski definition) is 1. The monoisotopic (exact) mass is 390 g/mol. The SMILES string of the molecule is O=C1NC2(CCOc3ccccc32)C(=O)N1Cc1ccc(SC(F)F)cc1. The third-order valence-electron chi connectivity index (χ3n) is 4.75. The predicted octanol–water partition coefficient (Wildman–Crippen LogP) is 3.73. The summed E-state index contributed by atoms with van der Waals surface area (Å²) in [5.41, 5.74) is 0.229. The zero-order valence-corrected chi connectivity index (χ0v) is 15.0. The number of thioether (sulfide) groups is 1. The Bertz CT molecular complexity index is 891. The fourth-order valence-electron chi connectivity index (χ4n) is 3.47. The molecule has 1 fully saturated rings. The lowest BCUT2D eigenvalue weighted by atomic mass is 9.84. The maximum Gasteiger partial charge on any atom is 0.325 e. The molecule has 27 heavy (non-hydrogen) atoms. The number of amides is 3. The second-order valence-corrected chi connectivity index (χ2v) is 7.41. The molecule has 2 aliphatic heterocycles. The summed E-state index contributed by atoms with van der Waals surface area (Å²) in [5.74, 6) is -2.22. The molecule has 0 aliphatic carbocycles. The third kappa shape index (κ3) is 3.14. The largest absolute Gasteiger partial charge is 0.493 e. The van der Waals surface area contributed by atoms with Gasteiger partial charge in [-0.1, -0.05) is 42.1 Å². The number of alkyl halides is 2. The molecule has 1 unspecified atom stereocenters. The molecule has 0 saturated carbocycles. The van der Waals surface area contributed by atoms with E-state index in [4.69, 9.17) is 4.74 Å². The van der Waals surface area contributed by atoms with Gasteiger partial charge in [-0.2, -0.15) is 8.78 Å². The zero-order chi connectivity index (χ0) is 19.0. The van der Waals surface area contributed by atoms with Crippen LogP contribution in [0.1, 0.15) is 17.5 Å². The van der Waals surface area contributed by atoms with Crippen molar-refractivity contribution in [2.45, 2.75) is 29.2 Å². The van der Waals surface area contributed by atoms with Gasteiger partial charge in [-0.3, -0.25) is 9.69 Å². The molecule has 2 aliphatic rings. The van der Waals surface area contributed by atoms with Gasteiger partial charge in [0.1, 0.15) is 5.75 Å². The summed E-state index contributed by atoms with van der Waals surface area (Å²) in [7, 11) is 0. The van der Waals surface area contributed by atoms with Crippen molar-refractivity contribution in [3.63, 3.8) is 0 Å². The summed E-state index contributed by atoms with van der Waals surface area (Å²) < 4.78 is 30.4. The van der Waals surface area contributed by atoms with E-state index in [1.165, 1.54) is 0 Å². The molecule has 0 bridgehead atoms. The second kappa shape index (κ2) is 6.84. The van der Waals surface area contributed by atoms with E-state index in [1.807, 2.05) is 6.07 Å². The van der Waals surface area contributed by atoms with Crippen molar-refractivity contribution in [3.05, 3.63) is 59.7 Å². The maximum atomic E-state index is 13.2. The van der Waals surface area contributed by atoms with Gasteiger partial charge in [0.05, 0.1) is 13.2 Å². The Kier molecular flexibility index (Phi) is 4.51. The quantitative estimate of drug-likeness (QED) is 0.638. The van der Waals surface area contributed by atoms with Gasteiger partial charge in [0.25, 0.3) is 11.7 Å². The Balaban J connectivity index is 1.58. The number of halogens is 2. The lowest BCUT2D eigenvalue weighted by Gasteiger charge is -2.33. The molecule has 140 valence electrons. The number of carbonyl (C=O) groups excluding carboxylic acids is 2. The number of nitrogens with one attached hydrogen (secondary N) is 1. The summed E-state index contributed by atoms with van der Waals surface area (Å²) in [6, 6.07) is 13.1. The number of rotatable bonds is 4. The summed E-state index contributed by atoms with van der Waals surface area (Å²) in [6.07, 6.45) is 0.356. The fourth-order valence-corrected chi connectivity index (χ4v) is 3.97. The summed E-state index contributed by atoms with van der Waals surface area (Å²) in [4.78, 5) is 27.3. The van der Waals surface area contributed by atoms with Gasteiger partial charge >= 0.3 is 6.03 Å². The Morgan fingerprint density at radius 3 is 2.63 bits per heavy atom. The minimum atomic E-state index is -2.49. The first kappa shape index (κ1) is 17.8. The second-order valence-electron chi connectivity index (χ2n) is 6.34. The molecule has 1 atom stereocenters. The fraction of sp³-hybridized carbons (Fsp3) is 0.263. The van der Waals surface area contributed by atoms with E-state index in [1.54, 1.807) is 42.5 Å². The van der Waals surface area contributed by atoms with E-state index in [0.29, 0.717) is 46.6 Å². The molecule has 1 spiro atoms. The van der Waals surface area contributed by atoms with Gasteiger partial charge in [-0.05, 0) is 23.8 Å². The Morgan fingerprint density at radius 2 is 1.89 bits per heavy atom. The van der Waals surface area contributed by atoms with Crippen LogP contribution < -0.4 is 10.1 Å². The molecule has 4 rings (SSSR count). The molecule has 1 N–H and O–H groups in total. The lowest BCUT2D eigenvalue weighted by molar-refractivity contribution is -0.133. The predicted molar refractivity (Wildman–Crippen MR) is 95.6 cm³/mol. The minimum Gasteiger partial charge on any atom is -0.493 e. The first-order valence-electron chi connectivity index (χ1n) is 8.40. The first-order valence-corrected chi connectivity index (χ1v) is 9.28. The normalized spacial score (nSPS) is 21.4. The van der Waals surface area contributed by atoms with Gasteiger partial charge in [-0.15, -0.1) is 0 Å². The van der Waals surface area contributed by atoms with Crippen LogP contribution in [0.15, 0.2) is 53.4 Å². The van der Waals surface area contributed by atoms with Crippen LogP contribution in [0, 0.1) is 0 Å². The minimum absolute atomic E-state index is 0.0784. The highest BCUT2D eigenvalue weighted by Gasteiger charge is 2.54. The maximum absolute atomic E-state index is 13.2. The number of para-hydroxylation sites is 1. The first-order chi connectivity index (χ1) is 13.0. The van der Waals surface area contributed by atoms with E-state index in [-0.39, 0.29) is 12.5 Å². The molecule has 5 nitrogen and oxygen atoms in total. The van der Waals surface area contributed by atoms with E-state index in [0.717, 1.165) is 4.90 Å². The Labute approximate surface area is 158 Å². The van der Waals surface area contributed by atoms with Crippen molar-refractivity contribution >= 4 is 23.7 Å². The van der Waals surface area contributed by atoms with Crippen LogP contribution in [0.3, 0.4) is 0 Å². The number of hydrogen-bond acceptors (Lipinski definition) is 4. The van der Waals surface area contributed by atoms with Crippen LogP contribution in [-0.2, 0) is 16.9 Å². The van der Waals surface area contributed by atoms with E-state index < -0.39 is 17.3 Å². The van der Waals surface area contributed by atoms with Crippen LogP contribution in [0.2, 0.25) is 0 Å². The van der Waals surface area contributed by atoms with Crippen molar-refractivity contribution in [3.8, 4) is 5.75 Å². The summed E-state index contributed by atoms with van der Waals surface area (Å²) >= 11 is 0.454. The topological polar surface area (TPSA) is 58.6 Å². The van der Waals surface area contributed by atoms with E-state index in [9.17, 15) is 18.4 Å². The van der Waals surface area contributed by atoms with Crippen LogP contribution in [0.5, 0.6) is 5.75 Å². The van der Waals surface area contributed by atoms with Crippen LogP contribution in [-0.4, -0.2) is 29.2 Å². The van der Waals surface area contributed by atoms with Crippen molar-refractivity contribution in [2.24, 2.45) is 0 Å². The molecular weight excluding hydrogens is 374 g/mol. The number of ether oxygens (including phenoxy) is 1. The zero-order valence-electron chi connectivity index (χ0n) is 14.2. The lowest BCUT2D eigenvalue weighted by Crippen LogP contribution is -2.47. The summed E-state index contributed by atoms with van der Waals surface area (Å²) in [5, 5.41) is 2.84. The van der Waals surface area contributed by atoms with Gasteiger partial charge < -0.3 is 10.1 Å². The highest BCUT2D eigenvalue weighted by atomic mass is 32.2. The van der Waals surface area contributed by atoms with Crippen LogP contribution >= 0.6 is 11.8 Å². The molecule has 0 aromatic heterocycles. The van der Waals surface area contributed by atoms with Gasteiger partial charge in [0.2, 0.25) is 0 Å². The van der Waals surface area contributed by atoms with Crippen LogP contribution in [0.25, 0.3) is 0 Å². The number of urea groups is 1. The average Bonchev–Trinajstić information content (AvgIpc) is 2.88. The standard InChI is InChI=1S/C19H16F2N2O3S/c20-17(21)27-13-7-5-12(6-8-13)11-23-16(24)19(22-18(23)25)9-10-26-15-4-2-1-3-14(15)19/h1-8,17H,9-11H2,(H,22,25). The van der Waals surface area contributed by atoms with Crippen LogP contribution in [0.4, 0.5) is 13.6 Å². The number of nitrogens with zero attached hydrogens (tertiary/aromatic N) is 1.